The minimum absolute atomic E-state index is 0.0255. The zero-order chi connectivity index (χ0) is 15.4. The summed E-state index contributed by atoms with van der Waals surface area (Å²) in [4.78, 5) is 22.9. The molecule has 1 aromatic rings. The standard InChI is InChI=1S/C15H18INO4/c16-11-5-6-13(18)12(7-11)14(19)17-8-9-1-3-10(4-2-9)15(20)21/h5-7,9-10,18H,1-4,8H2,(H,17,19)(H,20,21). The van der Waals surface area contributed by atoms with Crippen molar-refractivity contribution in [3.05, 3.63) is 27.3 Å². The Hall–Kier alpha value is -1.31. The number of hydrogen-bond acceptors (Lipinski definition) is 3. The minimum atomic E-state index is -0.721. The van der Waals surface area contributed by atoms with E-state index in [-0.39, 0.29) is 23.1 Å². The summed E-state index contributed by atoms with van der Waals surface area (Å²) in [5.41, 5.74) is 0.279. The number of hydrogen-bond donors (Lipinski definition) is 3. The number of nitrogens with one attached hydrogen (secondary N) is 1. The predicted octanol–water partition coefficient (Wildman–Crippen LogP) is 2.62. The summed E-state index contributed by atoms with van der Waals surface area (Å²) >= 11 is 2.09. The molecule has 1 aliphatic carbocycles. The van der Waals surface area contributed by atoms with E-state index in [4.69, 9.17) is 5.11 Å². The van der Waals surface area contributed by atoms with Crippen molar-refractivity contribution in [2.45, 2.75) is 25.7 Å². The highest BCUT2D eigenvalue weighted by molar-refractivity contribution is 14.1. The molecule has 0 saturated heterocycles. The molecule has 0 aliphatic heterocycles. The first-order valence-electron chi connectivity index (χ1n) is 6.97. The quantitative estimate of drug-likeness (QED) is 0.675. The first-order valence-corrected chi connectivity index (χ1v) is 8.04. The minimum Gasteiger partial charge on any atom is -0.507 e. The molecular weight excluding hydrogens is 385 g/mol. The Morgan fingerprint density at radius 1 is 1.24 bits per heavy atom. The molecule has 5 nitrogen and oxygen atoms in total. The first-order chi connectivity index (χ1) is 9.97. The summed E-state index contributed by atoms with van der Waals surface area (Å²) in [6, 6.07) is 4.89. The van der Waals surface area contributed by atoms with Gasteiger partial charge < -0.3 is 15.5 Å². The molecule has 0 aromatic heterocycles. The highest BCUT2D eigenvalue weighted by Crippen LogP contribution is 2.28. The van der Waals surface area contributed by atoms with Gasteiger partial charge in [0.2, 0.25) is 0 Å². The molecule has 0 bridgehead atoms. The second kappa shape index (κ2) is 7.11. The average Bonchev–Trinajstić information content (AvgIpc) is 2.47. The molecule has 2 rings (SSSR count). The number of aromatic hydroxyl groups is 1. The summed E-state index contributed by atoms with van der Waals surface area (Å²) in [7, 11) is 0. The van der Waals surface area contributed by atoms with Crippen LogP contribution in [0.1, 0.15) is 36.0 Å². The maximum Gasteiger partial charge on any atom is 0.306 e. The van der Waals surface area contributed by atoms with Gasteiger partial charge in [-0.15, -0.1) is 0 Å². The van der Waals surface area contributed by atoms with Crippen LogP contribution in [0.25, 0.3) is 0 Å². The second-order valence-electron chi connectivity index (χ2n) is 5.43. The van der Waals surface area contributed by atoms with Crippen LogP contribution in [0.2, 0.25) is 0 Å². The Labute approximate surface area is 136 Å². The summed E-state index contributed by atoms with van der Waals surface area (Å²) in [6.07, 6.45) is 2.97. The van der Waals surface area contributed by atoms with Crippen LogP contribution in [0.5, 0.6) is 5.75 Å². The Bertz CT molecular complexity index is 538. The van der Waals surface area contributed by atoms with Crippen molar-refractivity contribution in [2.24, 2.45) is 11.8 Å². The monoisotopic (exact) mass is 403 g/mol. The third kappa shape index (κ3) is 4.33. The molecule has 1 amide bonds. The van der Waals surface area contributed by atoms with E-state index in [1.807, 2.05) is 0 Å². The highest BCUT2D eigenvalue weighted by atomic mass is 127. The number of amides is 1. The molecule has 1 aliphatic rings. The first kappa shape index (κ1) is 16.1. The molecule has 0 radical (unpaired) electrons. The number of carbonyl (C=O) groups is 2. The second-order valence-corrected chi connectivity index (χ2v) is 6.67. The largest absolute Gasteiger partial charge is 0.507 e. The maximum absolute atomic E-state index is 12.1. The predicted molar refractivity (Wildman–Crippen MR) is 86.2 cm³/mol. The van der Waals surface area contributed by atoms with Gasteiger partial charge in [0.05, 0.1) is 11.5 Å². The van der Waals surface area contributed by atoms with E-state index in [9.17, 15) is 14.7 Å². The number of carboxylic acids is 1. The van der Waals surface area contributed by atoms with Gasteiger partial charge in [0, 0.05) is 10.1 Å². The van der Waals surface area contributed by atoms with Crippen LogP contribution in [0.3, 0.4) is 0 Å². The summed E-state index contributed by atoms with van der Waals surface area (Å²) in [5.74, 6) is -0.957. The fourth-order valence-electron chi connectivity index (χ4n) is 2.64. The molecule has 6 heteroatoms. The lowest BCUT2D eigenvalue weighted by molar-refractivity contribution is -0.143. The normalized spacial score (nSPS) is 21.8. The Morgan fingerprint density at radius 3 is 2.52 bits per heavy atom. The molecule has 0 heterocycles. The van der Waals surface area contributed by atoms with Gasteiger partial charge in [0.1, 0.15) is 5.75 Å². The average molecular weight is 403 g/mol. The van der Waals surface area contributed by atoms with E-state index in [1.54, 1.807) is 12.1 Å². The van der Waals surface area contributed by atoms with Gasteiger partial charge in [-0.3, -0.25) is 9.59 Å². The van der Waals surface area contributed by atoms with E-state index >= 15 is 0 Å². The molecule has 1 saturated carbocycles. The lowest BCUT2D eigenvalue weighted by atomic mass is 9.82. The van der Waals surface area contributed by atoms with Crippen LogP contribution in [0.15, 0.2) is 18.2 Å². The Morgan fingerprint density at radius 2 is 1.90 bits per heavy atom. The maximum atomic E-state index is 12.1. The van der Waals surface area contributed by atoms with Gasteiger partial charge in [0.15, 0.2) is 0 Å². The number of phenols is 1. The van der Waals surface area contributed by atoms with Gasteiger partial charge in [-0.25, -0.2) is 0 Å². The van der Waals surface area contributed by atoms with Crippen molar-refractivity contribution >= 4 is 34.5 Å². The van der Waals surface area contributed by atoms with E-state index in [0.29, 0.717) is 25.3 Å². The Kier molecular flexibility index (Phi) is 5.44. The van der Waals surface area contributed by atoms with E-state index < -0.39 is 5.97 Å². The molecule has 1 aromatic carbocycles. The number of rotatable bonds is 4. The van der Waals surface area contributed by atoms with Crippen molar-refractivity contribution < 1.29 is 19.8 Å². The number of phenolic OH excluding ortho intramolecular Hbond substituents is 1. The van der Waals surface area contributed by atoms with Crippen LogP contribution in [0.4, 0.5) is 0 Å². The van der Waals surface area contributed by atoms with Gasteiger partial charge >= 0.3 is 5.97 Å². The number of carboxylic acid groups (broad SMARTS) is 1. The van der Waals surface area contributed by atoms with Crippen molar-refractivity contribution in [1.29, 1.82) is 0 Å². The van der Waals surface area contributed by atoms with Crippen LogP contribution in [0, 0.1) is 15.4 Å². The highest BCUT2D eigenvalue weighted by Gasteiger charge is 2.26. The van der Waals surface area contributed by atoms with Crippen molar-refractivity contribution in [2.75, 3.05) is 6.54 Å². The van der Waals surface area contributed by atoms with Crippen molar-refractivity contribution in [1.82, 2.24) is 5.32 Å². The van der Waals surface area contributed by atoms with E-state index in [1.165, 1.54) is 6.07 Å². The fourth-order valence-corrected chi connectivity index (χ4v) is 3.13. The SMILES string of the molecule is O=C(NCC1CCC(C(=O)O)CC1)c1cc(I)ccc1O. The van der Waals surface area contributed by atoms with Gasteiger partial charge in [-0.05, 0) is 72.4 Å². The number of carbonyl (C=O) groups excluding carboxylic acids is 1. The van der Waals surface area contributed by atoms with E-state index in [0.717, 1.165) is 16.4 Å². The van der Waals surface area contributed by atoms with Crippen molar-refractivity contribution in [3.63, 3.8) is 0 Å². The van der Waals surface area contributed by atoms with Gasteiger partial charge in [0.25, 0.3) is 5.91 Å². The van der Waals surface area contributed by atoms with Gasteiger partial charge in [-0.2, -0.15) is 0 Å². The van der Waals surface area contributed by atoms with Crippen molar-refractivity contribution in [3.8, 4) is 5.75 Å². The molecule has 3 N–H and O–H groups in total. The topological polar surface area (TPSA) is 86.6 Å². The van der Waals surface area contributed by atoms with Crippen LogP contribution >= 0.6 is 22.6 Å². The third-order valence-electron chi connectivity index (χ3n) is 3.95. The molecule has 114 valence electrons. The smallest absolute Gasteiger partial charge is 0.306 e. The Balaban J connectivity index is 1.85. The summed E-state index contributed by atoms with van der Waals surface area (Å²) in [6.45, 7) is 0.524. The zero-order valence-corrected chi connectivity index (χ0v) is 13.7. The molecule has 1 fully saturated rings. The van der Waals surface area contributed by atoms with E-state index in [2.05, 4.69) is 27.9 Å². The zero-order valence-electron chi connectivity index (χ0n) is 11.5. The summed E-state index contributed by atoms with van der Waals surface area (Å²) in [5, 5.41) is 21.5. The number of halogens is 1. The molecule has 0 atom stereocenters. The lowest BCUT2D eigenvalue weighted by Gasteiger charge is -2.26. The third-order valence-corrected chi connectivity index (χ3v) is 4.62. The van der Waals surface area contributed by atoms with Crippen LogP contribution < -0.4 is 5.32 Å². The number of aliphatic carboxylic acids is 1. The summed E-state index contributed by atoms with van der Waals surface area (Å²) < 4.78 is 0.887. The molecule has 0 spiro atoms. The molecular formula is C15H18INO4. The van der Waals surface area contributed by atoms with Crippen LogP contribution in [-0.2, 0) is 4.79 Å². The number of benzene rings is 1. The molecule has 21 heavy (non-hydrogen) atoms. The lowest BCUT2D eigenvalue weighted by Crippen LogP contribution is -2.32. The van der Waals surface area contributed by atoms with Gasteiger partial charge in [-0.1, -0.05) is 0 Å². The molecule has 0 unspecified atom stereocenters. The van der Waals surface area contributed by atoms with Crippen LogP contribution in [-0.4, -0.2) is 28.6 Å². The fraction of sp³-hybridized carbons (Fsp3) is 0.467.